The van der Waals surface area contributed by atoms with E-state index in [0.717, 1.165) is 6.07 Å². The lowest BCUT2D eigenvalue weighted by Gasteiger charge is -2.08. The van der Waals surface area contributed by atoms with E-state index < -0.39 is 17.0 Å². The molecule has 0 aliphatic heterocycles. The van der Waals surface area contributed by atoms with Gasteiger partial charge < -0.3 is 10.2 Å². The van der Waals surface area contributed by atoms with E-state index in [1.54, 1.807) is 0 Å². The molecule has 0 saturated heterocycles. The number of aliphatic hydroxyl groups excluding tert-OH is 1. The normalized spacial score (nSPS) is 12.1. The molecule has 0 aromatic heterocycles. The number of hydrogen-bond acceptors (Lipinski definition) is 4. The van der Waals surface area contributed by atoms with Crippen LogP contribution in [0, 0.1) is 10.1 Å². The number of benzene rings is 1. The van der Waals surface area contributed by atoms with E-state index >= 15 is 0 Å². The molecule has 1 aromatic rings. The molecule has 0 heterocycles. The lowest BCUT2D eigenvalue weighted by atomic mass is 10.0. The first kappa shape index (κ1) is 14.4. The molecule has 6 nitrogen and oxygen atoms in total. The molecule has 1 unspecified atom stereocenters. The van der Waals surface area contributed by atoms with Gasteiger partial charge in [0.15, 0.2) is 6.10 Å². The van der Waals surface area contributed by atoms with Gasteiger partial charge in [0.1, 0.15) is 0 Å². The first-order valence-corrected chi connectivity index (χ1v) is 5.75. The predicted octanol–water partition coefficient (Wildman–Crippen LogP) is 1.88. The molecule has 0 bridgehead atoms. The summed E-state index contributed by atoms with van der Waals surface area (Å²) in [5.74, 6) is -1.06. The molecule has 1 rings (SSSR count). The van der Waals surface area contributed by atoms with E-state index in [9.17, 15) is 20.0 Å². The Morgan fingerprint density at radius 3 is 2.67 bits per heavy atom. The second-order valence-electron chi connectivity index (χ2n) is 3.68. The van der Waals surface area contributed by atoms with Crippen molar-refractivity contribution < 1.29 is 19.9 Å². The molecule has 0 amide bonds. The number of aliphatic carboxylic acids is 1. The van der Waals surface area contributed by atoms with Crippen LogP contribution in [0.2, 0.25) is 0 Å². The van der Waals surface area contributed by atoms with Crippen LogP contribution in [0.5, 0.6) is 0 Å². The summed E-state index contributed by atoms with van der Waals surface area (Å²) in [6.45, 7) is 0. The van der Waals surface area contributed by atoms with Gasteiger partial charge in [-0.3, -0.25) is 10.1 Å². The average molecular weight is 274 g/mol. The monoisotopic (exact) mass is 273 g/mol. The van der Waals surface area contributed by atoms with Crippen molar-refractivity contribution in [3.63, 3.8) is 0 Å². The largest absolute Gasteiger partial charge is 0.479 e. The molecule has 7 heteroatoms. The van der Waals surface area contributed by atoms with Crippen LogP contribution in [-0.2, 0) is 11.2 Å². The van der Waals surface area contributed by atoms with Gasteiger partial charge in [-0.05, 0) is 18.4 Å². The van der Waals surface area contributed by atoms with Gasteiger partial charge in [-0.2, -0.15) is 0 Å². The third-order valence-corrected chi connectivity index (χ3v) is 2.70. The Bertz CT molecular complexity index is 463. The summed E-state index contributed by atoms with van der Waals surface area (Å²) < 4.78 is 0. The summed E-state index contributed by atoms with van der Waals surface area (Å²) in [6.07, 6.45) is -0.738. The molecule has 0 aliphatic rings. The van der Waals surface area contributed by atoms with Gasteiger partial charge in [-0.25, -0.2) is 4.79 Å². The summed E-state index contributed by atoms with van der Waals surface area (Å²) in [6, 6.07) is 3.91. The minimum atomic E-state index is -1.76. The zero-order chi connectivity index (χ0) is 13.7. The Hall–Kier alpha value is -1.66. The third-order valence-electron chi connectivity index (χ3n) is 2.44. The number of nitrogens with zero attached hydrogens (tertiary/aromatic N) is 1. The smallest absolute Gasteiger partial charge is 0.337 e. The van der Waals surface area contributed by atoms with Crippen molar-refractivity contribution in [2.24, 2.45) is 0 Å². The number of halogens is 1. The van der Waals surface area contributed by atoms with E-state index in [-0.39, 0.29) is 11.3 Å². The van der Waals surface area contributed by atoms with Gasteiger partial charge in [0.2, 0.25) is 0 Å². The van der Waals surface area contributed by atoms with Gasteiger partial charge in [-0.15, -0.1) is 11.6 Å². The Morgan fingerprint density at radius 1 is 1.50 bits per heavy atom. The summed E-state index contributed by atoms with van der Waals surface area (Å²) in [4.78, 5) is 20.9. The number of aliphatic hydroxyl groups is 1. The van der Waals surface area contributed by atoms with Crippen LogP contribution in [0.25, 0.3) is 0 Å². The summed E-state index contributed by atoms with van der Waals surface area (Å²) in [5, 5.41) is 28.8. The zero-order valence-corrected chi connectivity index (χ0v) is 10.1. The Morgan fingerprint density at radius 2 is 2.17 bits per heavy atom. The first-order valence-electron chi connectivity index (χ1n) is 5.21. The number of carboxylic acid groups (broad SMARTS) is 1. The Labute approximate surface area is 108 Å². The van der Waals surface area contributed by atoms with E-state index in [1.807, 2.05) is 0 Å². The second kappa shape index (κ2) is 6.32. The zero-order valence-electron chi connectivity index (χ0n) is 9.38. The number of alkyl halides is 1. The Balaban J connectivity index is 3.10. The molecule has 0 aliphatic carbocycles. The first-order chi connectivity index (χ1) is 8.47. The SMILES string of the molecule is O=C(O)C(O)c1ccc(CCCCl)c([N+](=O)[O-])c1. The van der Waals surface area contributed by atoms with Crippen LogP contribution >= 0.6 is 11.6 Å². The number of carbonyl (C=O) groups is 1. The summed E-state index contributed by atoms with van der Waals surface area (Å²) in [5.41, 5.74) is 0.267. The standard InChI is InChI=1S/C11H12ClNO5/c12-5-1-2-7-3-4-8(10(14)11(15)16)6-9(7)13(17)18/h3-4,6,10,14H,1-2,5H2,(H,15,16). The fourth-order valence-corrected chi connectivity index (χ4v) is 1.67. The van der Waals surface area contributed by atoms with Crippen molar-refractivity contribution in [2.75, 3.05) is 5.88 Å². The number of aryl methyl sites for hydroxylation is 1. The second-order valence-corrected chi connectivity index (χ2v) is 4.06. The molecule has 0 radical (unpaired) electrons. The number of nitro benzene ring substituents is 1. The van der Waals surface area contributed by atoms with Crippen molar-refractivity contribution >= 4 is 23.3 Å². The van der Waals surface area contributed by atoms with Gasteiger partial charge in [0.05, 0.1) is 4.92 Å². The van der Waals surface area contributed by atoms with Crippen molar-refractivity contribution in [2.45, 2.75) is 18.9 Å². The van der Waals surface area contributed by atoms with Crippen LogP contribution in [0.1, 0.15) is 23.7 Å². The maximum Gasteiger partial charge on any atom is 0.337 e. The maximum atomic E-state index is 10.9. The van der Waals surface area contributed by atoms with Crippen LogP contribution in [0.4, 0.5) is 5.69 Å². The summed E-state index contributed by atoms with van der Waals surface area (Å²) >= 11 is 5.52. The average Bonchev–Trinajstić information content (AvgIpc) is 2.34. The highest BCUT2D eigenvalue weighted by Crippen LogP contribution is 2.25. The highest BCUT2D eigenvalue weighted by atomic mass is 35.5. The minimum absolute atomic E-state index is 0.0103. The van der Waals surface area contributed by atoms with Crippen molar-refractivity contribution in [1.82, 2.24) is 0 Å². The highest BCUT2D eigenvalue weighted by Gasteiger charge is 2.21. The van der Waals surface area contributed by atoms with Crippen LogP contribution in [0.3, 0.4) is 0 Å². The molecule has 0 fully saturated rings. The lowest BCUT2D eigenvalue weighted by molar-refractivity contribution is -0.385. The fourth-order valence-electron chi connectivity index (χ4n) is 1.53. The van der Waals surface area contributed by atoms with E-state index in [2.05, 4.69) is 0 Å². The Kier molecular flexibility index (Phi) is 5.06. The van der Waals surface area contributed by atoms with Gasteiger partial charge in [-0.1, -0.05) is 12.1 Å². The number of carboxylic acids is 1. The van der Waals surface area contributed by atoms with Crippen LogP contribution in [-0.4, -0.2) is 27.0 Å². The van der Waals surface area contributed by atoms with Gasteiger partial charge in [0, 0.05) is 17.5 Å². The van der Waals surface area contributed by atoms with E-state index in [1.165, 1.54) is 12.1 Å². The molecule has 0 spiro atoms. The van der Waals surface area contributed by atoms with Crippen molar-refractivity contribution in [1.29, 1.82) is 0 Å². The van der Waals surface area contributed by atoms with E-state index in [4.69, 9.17) is 16.7 Å². The lowest BCUT2D eigenvalue weighted by Crippen LogP contribution is -2.11. The van der Waals surface area contributed by atoms with Crippen LogP contribution in [0.15, 0.2) is 18.2 Å². The minimum Gasteiger partial charge on any atom is -0.479 e. The molecule has 2 N–H and O–H groups in total. The molecule has 1 atom stereocenters. The predicted molar refractivity (Wildman–Crippen MR) is 64.7 cm³/mol. The third kappa shape index (κ3) is 3.41. The quantitative estimate of drug-likeness (QED) is 0.468. The summed E-state index contributed by atoms with van der Waals surface area (Å²) in [7, 11) is 0. The highest BCUT2D eigenvalue weighted by molar-refractivity contribution is 6.17. The molecule has 0 saturated carbocycles. The molecular weight excluding hydrogens is 262 g/mol. The maximum absolute atomic E-state index is 10.9. The van der Waals surface area contributed by atoms with Gasteiger partial charge in [0.25, 0.3) is 5.69 Å². The van der Waals surface area contributed by atoms with Gasteiger partial charge >= 0.3 is 5.97 Å². The molecular formula is C11H12ClNO5. The van der Waals surface area contributed by atoms with Crippen molar-refractivity contribution in [3.05, 3.63) is 39.4 Å². The number of rotatable bonds is 6. The molecule has 98 valence electrons. The fraction of sp³-hybridized carbons (Fsp3) is 0.364. The topological polar surface area (TPSA) is 101 Å². The number of nitro groups is 1. The van der Waals surface area contributed by atoms with E-state index in [0.29, 0.717) is 24.3 Å². The van der Waals surface area contributed by atoms with Crippen LogP contribution < -0.4 is 0 Å². The molecule has 18 heavy (non-hydrogen) atoms. The number of hydrogen-bond donors (Lipinski definition) is 2. The molecule has 1 aromatic carbocycles. The van der Waals surface area contributed by atoms with Crippen molar-refractivity contribution in [3.8, 4) is 0 Å².